The summed E-state index contributed by atoms with van der Waals surface area (Å²) in [4.78, 5) is 29.4. The van der Waals surface area contributed by atoms with Crippen LogP contribution < -0.4 is 14.4 Å². The molecule has 2 amide bonds. The Hall–Kier alpha value is -4.05. The van der Waals surface area contributed by atoms with Gasteiger partial charge in [-0.1, -0.05) is 77.8 Å². The Labute approximate surface area is 274 Å². The number of carbonyl (C=O) groups excluding carboxylic acids is 2. The fourth-order valence-corrected chi connectivity index (χ4v) is 6.71. The molecule has 0 saturated heterocycles. The Morgan fingerprint density at radius 1 is 0.867 bits per heavy atom. The summed E-state index contributed by atoms with van der Waals surface area (Å²) in [5.74, 6) is -0.414. The number of carbonyl (C=O) groups is 2. The highest BCUT2D eigenvalue weighted by atomic mass is 35.5. The highest BCUT2D eigenvalue weighted by Gasteiger charge is 2.34. The van der Waals surface area contributed by atoms with E-state index in [1.165, 1.54) is 17.0 Å². The van der Waals surface area contributed by atoms with Crippen molar-refractivity contribution in [2.24, 2.45) is 0 Å². The highest BCUT2D eigenvalue weighted by Crippen LogP contribution is 2.28. The number of anilines is 1. The number of hydrogen-bond donors (Lipinski definition) is 1. The van der Waals surface area contributed by atoms with Crippen LogP contribution in [0.5, 0.6) is 5.75 Å². The molecule has 0 radical (unpaired) electrons. The number of nitrogens with one attached hydrogen (secondary N) is 1. The zero-order valence-corrected chi connectivity index (χ0v) is 27.4. The molecule has 0 aliphatic carbocycles. The SMILES string of the molecule is CCNC(=O)C(Cc1ccccc1)N(Cc1ccc(Cl)cc1Cl)C(=O)CN(c1ccc(OCC)cc1)S(=O)(=O)c1ccccc1. The standard InChI is InChI=1S/C34H35Cl2N3O5S/c1-3-37-34(41)32(21-25-11-7-5-8-12-25)38(23-26-15-16-27(35)22-31(26)36)33(40)24-39(28-17-19-29(20-18-28)44-4-2)45(42,43)30-13-9-6-10-14-30/h5-20,22,32H,3-4,21,23-24H2,1-2H3,(H,37,41). The monoisotopic (exact) mass is 667 g/mol. The fraction of sp³-hybridized carbons (Fsp3) is 0.235. The summed E-state index contributed by atoms with van der Waals surface area (Å²) in [7, 11) is -4.21. The molecule has 45 heavy (non-hydrogen) atoms. The number of nitrogens with zero attached hydrogens (tertiary/aromatic N) is 2. The lowest BCUT2D eigenvalue weighted by atomic mass is 10.0. The number of rotatable bonds is 14. The van der Waals surface area contributed by atoms with Gasteiger partial charge in [0.1, 0.15) is 18.3 Å². The number of likely N-dealkylation sites (N-methyl/N-ethyl adjacent to an activating group) is 1. The molecule has 0 aromatic heterocycles. The van der Waals surface area contributed by atoms with Crippen molar-refractivity contribution in [2.75, 3.05) is 24.0 Å². The van der Waals surface area contributed by atoms with Gasteiger partial charge in [-0.15, -0.1) is 0 Å². The number of benzene rings is 4. The topological polar surface area (TPSA) is 96.0 Å². The molecular formula is C34H35Cl2N3O5S. The summed E-state index contributed by atoms with van der Waals surface area (Å²) in [5, 5.41) is 3.57. The molecule has 0 bridgehead atoms. The molecule has 0 aliphatic heterocycles. The van der Waals surface area contributed by atoms with Gasteiger partial charge in [-0.05, 0) is 73.5 Å². The summed E-state index contributed by atoms with van der Waals surface area (Å²) in [6.07, 6.45) is 0.193. The summed E-state index contributed by atoms with van der Waals surface area (Å²) >= 11 is 12.7. The molecule has 0 saturated carbocycles. The first kappa shape index (κ1) is 33.8. The maximum Gasteiger partial charge on any atom is 0.264 e. The number of amides is 2. The molecule has 0 aliphatic rings. The Balaban J connectivity index is 1.80. The van der Waals surface area contributed by atoms with E-state index in [9.17, 15) is 18.0 Å². The summed E-state index contributed by atoms with van der Waals surface area (Å²) in [6, 6.07) is 27.6. The molecule has 1 atom stereocenters. The second kappa shape index (κ2) is 15.8. The zero-order valence-electron chi connectivity index (χ0n) is 25.0. The predicted molar refractivity (Wildman–Crippen MR) is 178 cm³/mol. The largest absolute Gasteiger partial charge is 0.494 e. The summed E-state index contributed by atoms with van der Waals surface area (Å²) < 4.78 is 34.7. The Morgan fingerprint density at radius 2 is 1.51 bits per heavy atom. The normalized spacial score (nSPS) is 11.8. The second-order valence-corrected chi connectivity index (χ2v) is 12.8. The molecule has 0 heterocycles. The lowest BCUT2D eigenvalue weighted by Gasteiger charge is -2.34. The van der Waals surface area contributed by atoms with E-state index >= 15 is 0 Å². The molecule has 11 heteroatoms. The molecule has 4 rings (SSSR count). The minimum atomic E-state index is -4.21. The van der Waals surface area contributed by atoms with Crippen molar-refractivity contribution in [3.63, 3.8) is 0 Å². The van der Waals surface area contributed by atoms with Crippen LogP contribution in [0.1, 0.15) is 25.0 Å². The lowest BCUT2D eigenvalue weighted by molar-refractivity contribution is -0.140. The quantitative estimate of drug-likeness (QED) is 0.169. The minimum Gasteiger partial charge on any atom is -0.494 e. The Morgan fingerprint density at radius 3 is 2.11 bits per heavy atom. The molecule has 236 valence electrons. The van der Waals surface area contributed by atoms with E-state index in [4.69, 9.17) is 27.9 Å². The van der Waals surface area contributed by atoms with E-state index in [0.29, 0.717) is 34.5 Å². The van der Waals surface area contributed by atoms with Crippen molar-refractivity contribution < 1.29 is 22.7 Å². The third-order valence-corrected chi connectivity index (χ3v) is 9.40. The molecule has 4 aromatic carbocycles. The van der Waals surface area contributed by atoms with Gasteiger partial charge in [0, 0.05) is 29.6 Å². The first-order chi connectivity index (χ1) is 21.6. The highest BCUT2D eigenvalue weighted by molar-refractivity contribution is 7.92. The van der Waals surface area contributed by atoms with Crippen molar-refractivity contribution in [3.05, 3.63) is 124 Å². The van der Waals surface area contributed by atoms with Crippen LogP contribution in [-0.4, -0.2) is 50.9 Å². The van der Waals surface area contributed by atoms with Gasteiger partial charge in [-0.2, -0.15) is 0 Å². The van der Waals surface area contributed by atoms with Crippen LogP contribution in [-0.2, 0) is 32.6 Å². The van der Waals surface area contributed by atoms with E-state index in [0.717, 1.165) is 9.87 Å². The van der Waals surface area contributed by atoms with Crippen LogP contribution in [0.15, 0.2) is 108 Å². The van der Waals surface area contributed by atoms with Crippen molar-refractivity contribution in [1.82, 2.24) is 10.2 Å². The van der Waals surface area contributed by atoms with E-state index in [-0.39, 0.29) is 29.5 Å². The maximum atomic E-state index is 14.4. The minimum absolute atomic E-state index is 0.0172. The molecule has 0 spiro atoms. The summed E-state index contributed by atoms with van der Waals surface area (Å²) in [6.45, 7) is 3.77. The van der Waals surface area contributed by atoms with Crippen LogP contribution in [0.25, 0.3) is 0 Å². The van der Waals surface area contributed by atoms with E-state index in [1.54, 1.807) is 67.6 Å². The van der Waals surface area contributed by atoms with Gasteiger partial charge in [-0.3, -0.25) is 13.9 Å². The van der Waals surface area contributed by atoms with Crippen molar-refractivity contribution in [1.29, 1.82) is 0 Å². The van der Waals surface area contributed by atoms with Crippen LogP contribution >= 0.6 is 23.2 Å². The summed E-state index contributed by atoms with van der Waals surface area (Å²) in [5.41, 5.74) is 1.64. The Kier molecular flexibility index (Phi) is 11.9. The lowest BCUT2D eigenvalue weighted by Crippen LogP contribution is -2.53. The van der Waals surface area contributed by atoms with E-state index < -0.39 is 28.5 Å². The van der Waals surface area contributed by atoms with Crippen LogP contribution in [0.3, 0.4) is 0 Å². The average Bonchev–Trinajstić information content (AvgIpc) is 3.04. The molecule has 1 unspecified atom stereocenters. The Bertz CT molecular complexity index is 1690. The van der Waals surface area contributed by atoms with Crippen LogP contribution in [0.2, 0.25) is 10.0 Å². The number of sulfonamides is 1. The van der Waals surface area contributed by atoms with Crippen molar-refractivity contribution in [3.8, 4) is 5.75 Å². The smallest absolute Gasteiger partial charge is 0.264 e. The zero-order chi connectivity index (χ0) is 32.4. The van der Waals surface area contributed by atoms with Crippen LogP contribution in [0.4, 0.5) is 5.69 Å². The number of halogens is 2. The molecule has 0 fully saturated rings. The average molecular weight is 669 g/mol. The first-order valence-electron chi connectivity index (χ1n) is 14.5. The van der Waals surface area contributed by atoms with Gasteiger partial charge in [0.2, 0.25) is 11.8 Å². The van der Waals surface area contributed by atoms with Gasteiger partial charge in [0.15, 0.2) is 0 Å². The van der Waals surface area contributed by atoms with Crippen molar-refractivity contribution in [2.45, 2.75) is 37.8 Å². The van der Waals surface area contributed by atoms with Gasteiger partial charge < -0.3 is 15.0 Å². The van der Waals surface area contributed by atoms with Crippen LogP contribution in [0, 0.1) is 0 Å². The maximum absolute atomic E-state index is 14.4. The molecular weight excluding hydrogens is 633 g/mol. The molecule has 4 aromatic rings. The van der Waals surface area contributed by atoms with Gasteiger partial charge in [-0.25, -0.2) is 8.42 Å². The van der Waals surface area contributed by atoms with E-state index in [1.807, 2.05) is 37.3 Å². The third-order valence-electron chi connectivity index (χ3n) is 7.02. The van der Waals surface area contributed by atoms with Gasteiger partial charge in [0.05, 0.1) is 17.2 Å². The third kappa shape index (κ3) is 8.78. The number of hydrogen-bond acceptors (Lipinski definition) is 5. The number of ether oxygens (including phenoxy) is 1. The predicted octanol–water partition coefficient (Wildman–Crippen LogP) is 6.36. The van der Waals surface area contributed by atoms with Gasteiger partial charge >= 0.3 is 0 Å². The van der Waals surface area contributed by atoms with E-state index in [2.05, 4.69) is 5.32 Å². The fourth-order valence-electron chi connectivity index (χ4n) is 4.80. The van der Waals surface area contributed by atoms with Crippen molar-refractivity contribution >= 4 is 50.7 Å². The first-order valence-corrected chi connectivity index (χ1v) is 16.7. The second-order valence-electron chi connectivity index (χ2n) is 10.1. The molecule has 8 nitrogen and oxygen atoms in total. The molecule has 1 N–H and O–H groups in total. The van der Waals surface area contributed by atoms with Gasteiger partial charge in [0.25, 0.3) is 10.0 Å².